The molecule has 0 aliphatic rings. The second-order valence-electron chi connectivity index (χ2n) is 6.45. The molecule has 150 valence electrons. The summed E-state index contributed by atoms with van der Waals surface area (Å²) in [6.07, 6.45) is 1.94. The lowest BCUT2D eigenvalue weighted by atomic mass is 10.0. The fourth-order valence-corrected chi connectivity index (χ4v) is 3.40. The van der Waals surface area contributed by atoms with Crippen LogP contribution >= 0.6 is 11.3 Å². The van der Waals surface area contributed by atoms with E-state index < -0.39 is 23.0 Å². The molecule has 0 bridgehead atoms. The summed E-state index contributed by atoms with van der Waals surface area (Å²) in [5.74, 6) is -2.09. The van der Waals surface area contributed by atoms with Crippen LogP contribution in [0.2, 0.25) is 0 Å². The maximum atomic E-state index is 13.0. The molecule has 1 aromatic carbocycles. The van der Waals surface area contributed by atoms with Crippen LogP contribution < -0.4 is 5.56 Å². The van der Waals surface area contributed by atoms with Gasteiger partial charge in [0.05, 0.1) is 17.6 Å². The van der Waals surface area contributed by atoms with Gasteiger partial charge in [-0.25, -0.2) is 4.39 Å². The molecule has 29 heavy (non-hydrogen) atoms. The first-order valence-corrected chi connectivity index (χ1v) is 9.60. The Morgan fingerprint density at radius 1 is 1.28 bits per heavy atom. The van der Waals surface area contributed by atoms with Gasteiger partial charge in [0.1, 0.15) is 11.5 Å². The fraction of sp³-hybridized carbons (Fsp3) is 0.200. The zero-order valence-electron chi connectivity index (χ0n) is 15.5. The van der Waals surface area contributed by atoms with E-state index in [-0.39, 0.29) is 23.5 Å². The van der Waals surface area contributed by atoms with Gasteiger partial charge >= 0.3 is 0 Å². The maximum absolute atomic E-state index is 13.0. The molecule has 0 aliphatic heterocycles. The van der Waals surface area contributed by atoms with Gasteiger partial charge in [0, 0.05) is 24.5 Å². The normalized spacial score (nSPS) is 10.7. The monoisotopic (exact) mass is 415 g/mol. The van der Waals surface area contributed by atoms with Crippen LogP contribution in [0.1, 0.15) is 37.7 Å². The molecule has 0 saturated heterocycles. The predicted molar refractivity (Wildman–Crippen MR) is 106 cm³/mol. The molecule has 0 radical (unpaired) electrons. The van der Waals surface area contributed by atoms with E-state index in [2.05, 4.69) is 9.97 Å². The van der Waals surface area contributed by atoms with Crippen LogP contribution in [0, 0.1) is 5.82 Å². The summed E-state index contributed by atoms with van der Waals surface area (Å²) in [6.45, 7) is 0.292. The molecule has 0 saturated carbocycles. The Bertz CT molecular complexity index is 1080. The standard InChI is InChI=1S/C20H18FN3O4S/c1-24(10-14-9-22-11-29-14)20(28)16-8-15(18(26)19(27)23-16)17(25)7-4-12-2-5-13(21)6-3-12/h2-3,5-6,8-9,11,26H,4,7,10H2,1H3,(H,23,27). The van der Waals surface area contributed by atoms with Gasteiger partial charge in [0.2, 0.25) is 0 Å². The summed E-state index contributed by atoms with van der Waals surface area (Å²) in [5.41, 5.74) is 1.17. The maximum Gasteiger partial charge on any atom is 0.291 e. The van der Waals surface area contributed by atoms with E-state index in [1.54, 1.807) is 30.9 Å². The van der Waals surface area contributed by atoms with Crippen molar-refractivity contribution in [2.75, 3.05) is 7.05 Å². The predicted octanol–water partition coefficient (Wildman–Crippen LogP) is 2.76. The second kappa shape index (κ2) is 8.78. The lowest BCUT2D eigenvalue weighted by Gasteiger charge is -2.16. The zero-order valence-corrected chi connectivity index (χ0v) is 16.3. The third kappa shape index (κ3) is 4.94. The molecular weight excluding hydrogens is 397 g/mol. The van der Waals surface area contributed by atoms with Gasteiger partial charge in [-0.1, -0.05) is 12.1 Å². The number of aromatic hydroxyl groups is 1. The Hall–Kier alpha value is -3.33. The van der Waals surface area contributed by atoms with Crippen LogP contribution in [-0.2, 0) is 13.0 Å². The van der Waals surface area contributed by atoms with Crippen molar-refractivity contribution < 1.29 is 19.1 Å². The van der Waals surface area contributed by atoms with Crippen molar-refractivity contribution in [3.63, 3.8) is 0 Å². The fourth-order valence-electron chi connectivity index (χ4n) is 2.76. The van der Waals surface area contributed by atoms with Crippen molar-refractivity contribution in [2.24, 2.45) is 0 Å². The third-order valence-corrected chi connectivity index (χ3v) is 5.08. The van der Waals surface area contributed by atoms with Gasteiger partial charge in [0.25, 0.3) is 11.5 Å². The molecular formula is C20H18FN3O4S. The highest BCUT2D eigenvalue weighted by Crippen LogP contribution is 2.18. The number of nitrogens with zero attached hydrogens (tertiary/aromatic N) is 2. The summed E-state index contributed by atoms with van der Waals surface area (Å²) >= 11 is 1.39. The molecule has 2 N–H and O–H groups in total. The minimum atomic E-state index is -0.910. The van der Waals surface area contributed by atoms with Crippen LogP contribution in [0.5, 0.6) is 5.75 Å². The van der Waals surface area contributed by atoms with Crippen LogP contribution in [0.4, 0.5) is 4.39 Å². The minimum Gasteiger partial charge on any atom is -0.503 e. The van der Waals surface area contributed by atoms with Crippen molar-refractivity contribution >= 4 is 23.0 Å². The number of carbonyl (C=O) groups is 2. The Morgan fingerprint density at radius 3 is 2.66 bits per heavy atom. The quantitative estimate of drug-likeness (QED) is 0.578. The van der Waals surface area contributed by atoms with Crippen LogP contribution in [0.3, 0.4) is 0 Å². The number of Topliss-reactive ketones (excluding diaryl/α,β-unsaturated/α-hetero) is 1. The number of amides is 1. The third-order valence-electron chi connectivity index (χ3n) is 4.32. The number of nitrogens with one attached hydrogen (secondary N) is 1. The van der Waals surface area contributed by atoms with E-state index in [0.29, 0.717) is 13.0 Å². The number of aromatic nitrogens is 2. The number of thiazole rings is 1. The van der Waals surface area contributed by atoms with Gasteiger partial charge in [-0.3, -0.25) is 19.4 Å². The van der Waals surface area contributed by atoms with E-state index in [1.807, 2.05) is 0 Å². The average molecular weight is 415 g/mol. The number of benzene rings is 1. The second-order valence-corrected chi connectivity index (χ2v) is 7.42. The molecule has 0 aliphatic carbocycles. The smallest absolute Gasteiger partial charge is 0.291 e. The van der Waals surface area contributed by atoms with E-state index in [4.69, 9.17) is 0 Å². The molecule has 3 rings (SSSR count). The highest BCUT2D eigenvalue weighted by atomic mass is 32.1. The van der Waals surface area contributed by atoms with Crippen molar-refractivity contribution in [2.45, 2.75) is 19.4 Å². The zero-order chi connectivity index (χ0) is 21.0. The largest absolute Gasteiger partial charge is 0.503 e. The van der Waals surface area contributed by atoms with Crippen molar-refractivity contribution in [1.29, 1.82) is 0 Å². The lowest BCUT2D eigenvalue weighted by molar-refractivity contribution is 0.0780. The summed E-state index contributed by atoms with van der Waals surface area (Å²) in [6, 6.07) is 6.89. The number of hydrogen-bond acceptors (Lipinski definition) is 6. The molecule has 0 spiro atoms. The summed E-state index contributed by atoms with van der Waals surface area (Å²) in [7, 11) is 1.56. The van der Waals surface area contributed by atoms with E-state index in [9.17, 15) is 23.9 Å². The van der Waals surface area contributed by atoms with Gasteiger partial charge in [-0.15, -0.1) is 11.3 Å². The number of aromatic amines is 1. The van der Waals surface area contributed by atoms with E-state index >= 15 is 0 Å². The van der Waals surface area contributed by atoms with Crippen molar-refractivity contribution in [1.82, 2.24) is 14.9 Å². The van der Waals surface area contributed by atoms with E-state index in [1.165, 1.54) is 34.4 Å². The van der Waals surface area contributed by atoms with Crippen molar-refractivity contribution in [3.05, 3.63) is 79.9 Å². The molecule has 0 fully saturated rings. The molecule has 3 aromatic rings. The Kier molecular flexibility index (Phi) is 6.18. The molecule has 7 nitrogen and oxygen atoms in total. The highest BCUT2D eigenvalue weighted by Gasteiger charge is 2.21. The van der Waals surface area contributed by atoms with Gasteiger partial charge in [-0.05, 0) is 30.2 Å². The van der Waals surface area contributed by atoms with Crippen LogP contribution in [0.25, 0.3) is 0 Å². The summed E-state index contributed by atoms with van der Waals surface area (Å²) in [4.78, 5) is 45.7. The number of ketones is 1. The Morgan fingerprint density at radius 2 is 2.00 bits per heavy atom. The minimum absolute atomic E-state index is 0.00696. The summed E-state index contributed by atoms with van der Waals surface area (Å²) in [5, 5.41) is 10.0. The first-order chi connectivity index (χ1) is 13.8. The number of carbonyl (C=O) groups excluding carboxylic acids is 2. The first kappa shape index (κ1) is 20.4. The van der Waals surface area contributed by atoms with Crippen LogP contribution in [0.15, 0.2) is 46.8 Å². The molecule has 2 heterocycles. The first-order valence-electron chi connectivity index (χ1n) is 8.72. The number of rotatable bonds is 7. The lowest BCUT2D eigenvalue weighted by Crippen LogP contribution is -2.29. The number of pyridine rings is 1. The number of aryl methyl sites for hydroxylation is 1. The SMILES string of the molecule is CN(Cc1cncs1)C(=O)c1cc(C(=O)CCc2ccc(F)cc2)c(O)c(=O)[nH]1. The molecule has 0 unspecified atom stereocenters. The number of halogens is 1. The number of hydrogen-bond donors (Lipinski definition) is 2. The van der Waals surface area contributed by atoms with Gasteiger partial charge in [-0.2, -0.15) is 0 Å². The van der Waals surface area contributed by atoms with Crippen molar-refractivity contribution in [3.8, 4) is 5.75 Å². The van der Waals surface area contributed by atoms with E-state index in [0.717, 1.165) is 10.4 Å². The molecule has 1 amide bonds. The average Bonchev–Trinajstić information content (AvgIpc) is 3.21. The molecule has 9 heteroatoms. The van der Waals surface area contributed by atoms with Crippen LogP contribution in [-0.4, -0.2) is 38.7 Å². The van der Waals surface area contributed by atoms with Gasteiger partial charge in [0.15, 0.2) is 11.5 Å². The highest BCUT2D eigenvalue weighted by molar-refractivity contribution is 7.09. The topological polar surface area (TPSA) is 103 Å². The molecule has 0 atom stereocenters. The Balaban J connectivity index is 1.77. The summed E-state index contributed by atoms with van der Waals surface area (Å²) < 4.78 is 13.0. The van der Waals surface area contributed by atoms with Gasteiger partial charge < -0.3 is 15.0 Å². The number of H-pyrrole nitrogens is 1. The Labute approximate surface area is 169 Å². The molecule has 2 aromatic heterocycles.